The molecule has 4 nitrogen and oxygen atoms in total. The van der Waals surface area contributed by atoms with Gasteiger partial charge in [0.05, 0.1) is 11.5 Å². The van der Waals surface area contributed by atoms with Gasteiger partial charge >= 0.3 is 5.97 Å². The Morgan fingerprint density at radius 2 is 1.95 bits per heavy atom. The van der Waals surface area contributed by atoms with E-state index in [4.69, 9.17) is 5.11 Å². The minimum atomic E-state index is -2.60. The van der Waals surface area contributed by atoms with E-state index in [-0.39, 0.29) is 23.5 Å². The summed E-state index contributed by atoms with van der Waals surface area (Å²) in [6, 6.07) is 6.11. The van der Waals surface area contributed by atoms with Crippen LogP contribution in [0.25, 0.3) is 0 Å². The van der Waals surface area contributed by atoms with Crippen molar-refractivity contribution >= 4 is 23.6 Å². The van der Waals surface area contributed by atoms with Crippen LogP contribution in [0.2, 0.25) is 0 Å². The van der Waals surface area contributed by atoms with Crippen LogP contribution >= 0.6 is 11.8 Å². The molecule has 102 valence electrons. The standard InChI is InChI=1S/C12H11F2NO3S/c13-12(14)19-9-4-2-1-3-8(9)10(16)15-5-7(6-15)11(17)18/h1-4,7,12H,5-6H2,(H,17,18). The molecule has 0 aromatic heterocycles. The van der Waals surface area contributed by atoms with Crippen LogP contribution in [0.15, 0.2) is 29.2 Å². The Morgan fingerprint density at radius 1 is 1.32 bits per heavy atom. The summed E-state index contributed by atoms with van der Waals surface area (Å²) in [5.74, 6) is -4.50. The Morgan fingerprint density at radius 3 is 2.53 bits per heavy atom. The number of carboxylic acid groups (broad SMARTS) is 1. The minimum Gasteiger partial charge on any atom is -0.481 e. The number of thioether (sulfide) groups is 1. The SMILES string of the molecule is O=C(O)C1CN(C(=O)c2ccccc2SC(F)F)C1. The first-order valence-electron chi connectivity index (χ1n) is 5.55. The maximum Gasteiger partial charge on any atom is 0.310 e. The minimum absolute atomic E-state index is 0.127. The third-order valence-corrected chi connectivity index (χ3v) is 3.64. The van der Waals surface area contributed by atoms with Crippen molar-refractivity contribution in [3.63, 3.8) is 0 Å². The molecule has 1 aromatic carbocycles. The number of carboxylic acids is 1. The van der Waals surface area contributed by atoms with Gasteiger partial charge in [-0.3, -0.25) is 9.59 Å². The monoisotopic (exact) mass is 287 g/mol. The van der Waals surface area contributed by atoms with Crippen LogP contribution < -0.4 is 0 Å². The van der Waals surface area contributed by atoms with Gasteiger partial charge in [0.1, 0.15) is 0 Å². The Kier molecular flexibility index (Phi) is 4.04. The van der Waals surface area contributed by atoms with Crippen LogP contribution in [0.4, 0.5) is 8.78 Å². The van der Waals surface area contributed by atoms with Gasteiger partial charge in [0, 0.05) is 18.0 Å². The fraction of sp³-hybridized carbons (Fsp3) is 0.333. The van der Waals surface area contributed by atoms with E-state index in [2.05, 4.69) is 0 Å². The van der Waals surface area contributed by atoms with E-state index in [9.17, 15) is 18.4 Å². The number of nitrogens with zero attached hydrogens (tertiary/aromatic N) is 1. The summed E-state index contributed by atoms with van der Waals surface area (Å²) in [6.07, 6.45) is 0. The first-order chi connectivity index (χ1) is 8.99. The van der Waals surface area contributed by atoms with Crippen molar-refractivity contribution in [3.05, 3.63) is 29.8 Å². The Labute approximate surface area is 112 Å². The van der Waals surface area contributed by atoms with Gasteiger partial charge in [-0.1, -0.05) is 23.9 Å². The zero-order valence-electron chi connectivity index (χ0n) is 9.75. The second-order valence-electron chi connectivity index (χ2n) is 4.12. The molecule has 0 radical (unpaired) electrons. The van der Waals surface area contributed by atoms with E-state index < -0.39 is 23.6 Å². The normalized spacial score (nSPS) is 15.4. The van der Waals surface area contributed by atoms with Crippen molar-refractivity contribution in [2.75, 3.05) is 13.1 Å². The van der Waals surface area contributed by atoms with Crippen LogP contribution in [0.1, 0.15) is 10.4 Å². The molecule has 0 aliphatic carbocycles. The van der Waals surface area contributed by atoms with Gasteiger partial charge in [-0.05, 0) is 12.1 Å². The smallest absolute Gasteiger partial charge is 0.310 e. The van der Waals surface area contributed by atoms with Crippen LogP contribution in [0, 0.1) is 5.92 Å². The molecule has 19 heavy (non-hydrogen) atoms. The number of likely N-dealkylation sites (tertiary alicyclic amines) is 1. The van der Waals surface area contributed by atoms with Crippen molar-refractivity contribution in [1.29, 1.82) is 0 Å². The topological polar surface area (TPSA) is 57.6 Å². The van der Waals surface area contributed by atoms with Gasteiger partial charge in [0.15, 0.2) is 0 Å². The molecule has 1 aliphatic heterocycles. The largest absolute Gasteiger partial charge is 0.481 e. The molecule has 1 saturated heterocycles. The molecule has 1 amide bonds. The number of hydrogen-bond acceptors (Lipinski definition) is 3. The number of hydrogen-bond donors (Lipinski definition) is 1. The number of amides is 1. The van der Waals surface area contributed by atoms with E-state index >= 15 is 0 Å². The van der Waals surface area contributed by atoms with Crippen LogP contribution in [0.3, 0.4) is 0 Å². The fourth-order valence-electron chi connectivity index (χ4n) is 1.81. The summed E-state index contributed by atoms with van der Waals surface area (Å²) in [6.45, 7) is 0.254. The van der Waals surface area contributed by atoms with Crippen molar-refractivity contribution in [2.24, 2.45) is 5.92 Å². The molecule has 1 aromatic rings. The third kappa shape index (κ3) is 3.04. The molecular formula is C12H11F2NO3S. The van der Waals surface area contributed by atoms with Crippen molar-refractivity contribution in [2.45, 2.75) is 10.7 Å². The van der Waals surface area contributed by atoms with Gasteiger partial charge in [0.25, 0.3) is 11.7 Å². The highest BCUT2D eigenvalue weighted by atomic mass is 32.2. The molecule has 0 unspecified atom stereocenters. The molecule has 1 N–H and O–H groups in total. The lowest BCUT2D eigenvalue weighted by molar-refractivity contribution is -0.146. The van der Waals surface area contributed by atoms with Crippen LogP contribution in [-0.2, 0) is 4.79 Å². The zero-order chi connectivity index (χ0) is 14.0. The predicted octanol–water partition coefficient (Wildman–Crippen LogP) is 2.16. The molecular weight excluding hydrogens is 276 g/mol. The van der Waals surface area contributed by atoms with Gasteiger partial charge in [-0.25, -0.2) is 0 Å². The summed E-state index contributed by atoms with van der Waals surface area (Å²) >= 11 is 0.315. The van der Waals surface area contributed by atoms with E-state index in [1.807, 2.05) is 0 Å². The lowest BCUT2D eigenvalue weighted by atomic mass is 9.99. The Balaban J connectivity index is 2.10. The lowest BCUT2D eigenvalue weighted by Crippen LogP contribution is -2.53. The number of alkyl halides is 2. The summed E-state index contributed by atoms with van der Waals surface area (Å²) in [5.41, 5.74) is 0.191. The predicted molar refractivity (Wildman–Crippen MR) is 65.3 cm³/mol. The van der Waals surface area contributed by atoms with Gasteiger partial charge in [0.2, 0.25) is 0 Å². The molecule has 2 rings (SSSR count). The Bertz CT molecular complexity index is 504. The maximum absolute atomic E-state index is 12.4. The van der Waals surface area contributed by atoms with Gasteiger partial charge < -0.3 is 10.0 Å². The van der Waals surface area contributed by atoms with Crippen molar-refractivity contribution < 1.29 is 23.5 Å². The van der Waals surface area contributed by atoms with Crippen molar-refractivity contribution in [3.8, 4) is 0 Å². The van der Waals surface area contributed by atoms with E-state index in [0.29, 0.717) is 11.8 Å². The molecule has 0 atom stereocenters. The first-order valence-corrected chi connectivity index (χ1v) is 6.43. The molecule has 1 fully saturated rings. The number of benzene rings is 1. The second kappa shape index (κ2) is 5.56. The molecule has 7 heteroatoms. The quantitative estimate of drug-likeness (QED) is 0.862. The van der Waals surface area contributed by atoms with E-state index in [1.54, 1.807) is 12.1 Å². The highest BCUT2D eigenvalue weighted by Gasteiger charge is 2.36. The summed E-state index contributed by atoms with van der Waals surface area (Å²) in [7, 11) is 0. The highest BCUT2D eigenvalue weighted by molar-refractivity contribution is 7.99. The first kappa shape index (κ1) is 13.8. The van der Waals surface area contributed by atoms with Gasteiger partial charge in [-0.2, -0.15) is 8.78 Å². The number of carbonyl (C=O) groups is 2. The second-order valence-corrected chi connectivity index (χ2v) is 5.15. The molecule has 0 spiro atoms. The van der Waals surface area contributed by atoms with Crippen LogP contribution in [-0.4, -0.2) is 40.7 Å². The van der Waals surface area contributed by atoms with Crippen LogP contribution in [0.5, 0.6) is 0 Å². The number of aliphatic carboxylic acids is 1. The molecule has 0 bridgehead atoms. The van der Waals surface area contributed by atoms with Crippen molar-refractivity contribution in [1.82, 2.24) is 4.90 Å². The summed E-state index contributed by atoms with van der Waals surface area (Å²) in [5, 5.41) is 8.74. The number of halogens is 2. The van der Waals surface area contributed by atoms with E-state index in [1.165, 1.54) is 17.0 Å². The lowest BCUT2D eigenvalue weighted by Gasteiger charge is -2.36. The average molecular weight is 287 g/mol. The number of rotatable bonds is 4. The average Bonchev–Trinajstić information content (AvgIpc) is 2.26. The third-order valence-electron chi connectivity index (χ3n) is 2.85. The fourth-order valence-corrected chi connectivity index (χ4v) is 2.44. The Hall–Kier alpha value is -1.63. The summed E-state index contributed by atoms with van der Waals surface area (Å²) in [4.78, 5) is 24.3. The maximum atomic E-state index is 12.4. The molecule has 1 heterocycles. The summed E-state index contributed by atoms with van der Waals surface area (Å²) < 4.78 is 24.8. The molecule has 1 aliphatic rings. The number of carbonyl (C=O) groups excluding carboxylic acids is 1. The molecule has 0 saturated carbocycles. The zero-order valence-corrected chi connectivity index (χ0v) is 10.6. The van der Waals surface area contributed by atoms with E-state index in [0.717, 1.165) is 0 Å². The van der Waals surface area contributed by atoms with Gasteiger partial charge in [-0.15, -0.1) is 0 Å². The highest BCUT2D eigenvalue weighted by Crippen LogP contribution is 2.30.